The van der Waals surface area contributed by atoms with E-state index in [-0.39, 0.29) is 0 Å². The van der Waals surface area contributed by atoms with Gasteiger partial charge in [-0.3, -0.25) is 0 Å². The van der Waals surface area contributed by atoms with Crippen molar-refractivity contribution >= 4 is 44.7 Å². The van der Waals surface area contributed by atoms with Gasteiger partial charge < -0.3 is 10.5 Å². The molecule has 0 unspecified atom stereocenters. The maximum absolute atomic E-state index is 5.72. The van der Waals surface area contributed by atoms with Gasteiger partial charge in [0.05, 0.1) is 7.11 Å². The molecule has 90 valence electrons. The zero-order valence-corrected chi connectivity index (χ0v) is 12.5. The average molecular weight is 330 g/mol. The number of nitrogen functional groups attached to an aromatic ring is 1. The third kappa shape index (κ3) is 3.18. The minimum Gasteiger partial charge on any atom is -0.496 e. The lowest BCUT2D eigenvalue weighted by atomic mass is 10.3. The van der Waals surface area contributed by atoms with Crippen molar-refractivity contribution in [1.29, 1.82) is 0 Å². The molecule has 0 radical (unpaired) electrons. The Bertz CT molecular complexity index is 513. The lowest BCUT2D eigenvalue weighted by Crippen LogP contribution is -1.90. The Morgan fingerprint density at radius 2 is 2.24 bits per heavy atom. The molecule has 0 aliphatic rings. The fourth-order valence-electron chi connectivity index (χ4n) is 1.37. The fourth-order valence-corrected chi connectivity index (χ4v) is 4.18. The standard InChI is InChI=1S/C12H12BrNOS2/c1-15-10-6-8(14)2-3-11(10)17-7-12-9(13)4-5-16-12/h2-6H,7,14H2,1H3. The van der Waals surface area contributed by atoms with Crippen LogP contribution in [0.1, 0.15) is 4.88 Å². The maximum Gasteiger partial charge on any atom is 0.134 e. The van der Waals surface area contributed by atoms with E-state index in [1.807, 2.05) is 18.2 Å². The molecule has 2 rings (SSSR count). The molecule has 5 heteroatoms. The van der Waals surface area contributed by atoms with E-state index in [9.17, 15) is 0 Å². The molecule has 0 atom stereocenters. The van der Waals surface area contributed by atoms with Crippen LogP contribution in [0.15, 0.2) is 39.0 Å². The zero-order valence-electron chi connectivity index (χ0n) is 9.27. The summed E-state index contributed by atoms with van der Waals surface area (Å²) >= 11 is 7.04. The Labute approximate surface area is 117 Å². The minimum absolute atomic E-state index is 0.725. The van der Waals surface area contributed by atoms with Crippen LogP contribution in [-0.4, -0.2) is 7.11 Å². The van der Waals surface area contributed by atoms with E-state index in [1.165, 1.54) is 9.35 Å². The van der Waals surface area contributed by atoms with Crippen molar-refractivity contribution in [3.05, 3.63) is 39.0 Å². The summed E-state index contributed by atoms with van der Waals surface area (Å²) in [6, 6.07) is 7.82. The highest BCUT2D eigenvalue weighted by atomic mass is 79.9. The lowest BCUT2D eigenvalue weighted by molar-refractivity contribution is 0.405. The number of hydrogen-bond donors (Lipinski definition) is 1. The molecule has 1 aromatic heterocycles. The summed E-state index contributed by atoms with van der Waals surface area (Å²) in [5.74, 6) is 1.76. The molecule has 0 spiro atoms. The van der Waals surface area contributed by atoms with Crippen LogP contribution in [0.5, 0.6) is 5.75 Å². The number of benzene rings is 1. The van der Waals surface area contributed by atoms with Gasteiger partial charge in [0.2, 0.25) is 0 Å². The molecule has 1 aromatic carbocycles. The summed E-state index contributed by atoms with van der Waals surface area (Å²) < 4.78 is 6.49. The highest BCUT2D eigenvalue weighted by Gasteiger charge is 2.07. The smallest absolute Gasteiger partial charge is 0.134 e. The monoisotopic (exact) mass is 329 g/mol. The van der Waals surface area contributed by atoms with Gasteiger partial charge in [0, 0.05) is 31.8 Å². The Kier molecular flexibility index (Phi) is 4.36. The summed E-state index contributed by atoms with van der Waals surface area (Å²) in [6.45, 7) is 0. The van der Waals surface area contributed by atoms with Crippen molar-refractivity contribution in [3.63, 3.8) is 0 Å². The van der Waals surface area contributed by atoms with Gasteiger partial charge >= 0.3 is 0 Å². The second-order valence-electron chi connectivity index (χ2n) is 3.39. The van der Waals surface area contributed by atoms with E-state index in [4.69, 9.17) is 10.5 Å². The number of halogens is 1. The molecule has 2 N–H and O–H groups in total. The number of ether oxygens (including phenoxy) is 1. The molecule has 0 aliphatic carbocycles. The number of anilines is 1. The van der Waals surface area contributed by atoms with Crippen molar-refractivity contribution in [2.45, 2.75) is 10.6 Å². The quantitative estimate of drug-likeness (QED) is 0.667. The van der Waals surface area contributed by atoms with Crippen LogP contribution >= 0.6 is 39.0 Å². The SMILES string of the molecule is COc1cc(N)ccc1SCc1sccc1Br. The van der Waals surface area contributed by atoms with E-state index in [1.54, 1.807) is 30.2 Å². The van der Waals surface area contributed by atoms with Crippen molar-refractivity contribution in [2.24, 2.45) is 0 Å². The number of methoxy groups -OCH3 is 1. The molecule has 0 amide bonds. The third-order valence-corrected chi connectivity index (χ3v) is 5.43. The van der Waals surface area contributed by atoms with E-state index < -0.39 is 0 Å². The lowest BCUT2D eigenvalue weighted by Gasteiger charge is -2.08. The van der Waals surface area contributed by atoms with Gasteiger partial charge in [-0.05, 0) is 39.5 Å². The Morgan fingerprint density at radius 3 is 2.88 bits per heavy atom. The molecule has 0 saturated heterocycles. The number of nitrogens with two attached hydrogens (primary N) is 1. The topological polar surface area (TPSA) is 35.2 Å². The average Bonchev–Trinajstić information content (AvgIpc) is 2.73. The van der Waals surface area contributed by atoms with Gasteiger partial charge in [0.1, 0.15) is 5.75 Å². The molecular formula is C12H12BrNOS2. The molecule has 2 aromatic rings. The summed E-state index contributed by atoms with van der Waals surface area (Å²) in [4.78, 5) is 2.44. The first kappa shape index (κ1) is 12.8. The normalized spacial score (nSPS) is 10.5. The highest BCUT2D eigenvalue weighted by Crippen LogP contribution is 2.35. The summed E-state index contributed by atoms with van der Waals surface area (Å²) in [5.41, 5.74) is 6.45. The number of thioether (sulfide) groups is 1. The van der Waals surface area contributed by atoms with Gasteiger partial charge in [0.15, 0.2) is 0 Å². The summed E-state index contributed by atoms with van der Waals surface area (Å²) in [5, 5.41) is 2.08. The van der Waals surface area contributed by atoms with E-state index >= 15 is 0 Å². The minimum atomic E-state index is 0.725. The first-order chi connectivity index (χ1) is 8.20. The summed E-state index contributed by atoms with van der Waals surface area (Å²) in [6.07, 6.45) is 0. The number of hydrogen-bond acceptors (Lipinski definition) is 4. The predicted molar refractivity (Wildman–Crippen MR) is 79.0 cm³/mol. The molecule has 0 saturated carbocycles. The third-order valence-electron chi connectivity index (χ3n) is 2.24. The van der Waals surface area contributed by atoms with E-state index in [0.717, 1.165) is 22.1 Å². The van der Waals surface area contributed by atoms with Crippen LogP contribution in [0.4, 0.5) is 5.69 Å². The fraction of sp³-hybridized carbons (Fsp3) is 0.167. The summed E-state index contributed by atoms with van der Waals surface area (Å²) in [7, 11) is 1.67. The number of thiophene rings is 1. The Balaban J connectivity index is 2.11. The highest BCUT2D eigenvalue weighted by molar-refractivity contribution is 9.10. The van der Waals surface area contributed by atoms with Gasteiger partial charge in [-0.1, -0.05) is 0 Å². The molecule has 0 bridgehead atoms. The molecule has 17 heavy (non-hydrogen) atoms. The van der Waals surface area contributed by atoms with Crippen molar-refractivity contribution in [1.82, 2.24) is 0 Å². The zero-order chi connectivity index (χ0) is 12.3. The van der Waals surface area contributed by atoms with E-state index in [2.05, 4.69) is 27.4 Å². The Morgan fingerprint density at radius 1 is 1.41 bits per heavy atom. The second-order valence-corrected chi connectivity index (χ2v) is 6.26. The Hall–Kier alpha value is -0.650. The van der Waals surface area contributed by atoms with Crippen LogP contribution < -0.4 is 10.5 Å². The second kappa shape index (κ2) is 5.80. The van der Waals surface area contributed by atoms with Crippen molar-refractivity contribution < 1.29 is 4.74 Å². The largest absolute Gasteiger partial charge is 0.496 e. The van der Waals surface area contributed by atoms with Gasteiger partial charge in [-0.25, -0.2) is 0 Å². The van der Waals surface area contributed by atoms with Crippen LogP contribution in [0.2, 0.25) is 0 Å². The maximum atomic E-state index is 5.72. The predicted octanol–water partition coefficient (Wildman–Crippen LogP) is 4.39. The first-order valence-corrected chi connectivity index (χ1v) is 7.64. The molecule has 1 heterocycles. The molecule has 0 aliphatic heterocycles. The molecular weight excluding hydrogens is 318 g/mol. The molecule has 2 nitrogen and oxygen atoms in total. The van der Waals surface area contributed by atoms with Gasteiger partial charge in [-0.2, -0.15) is 0 Å². The van der Waals surface area contributed by atoms with Gasteiger partial charge in [-0.15, -0.1) is 23.1 Å². The van der Waals surface area contributed by atoms with Crippen molar-refractivity contribution in [2.75, 3.05) is 12.8 Å². The first-order valence-electron chi connectivity index (χ1n) is 4.99. The van der Waals surface area contributed by atoms with Crippen LogP contribution in [0.3, 0.4) is 0 Å². The number of rotatable bonds is 4. The van der Waals surface area contributed by atoms with Crippen molar-refractivity contribution in [3.8, 4) is 5.75 Å². The van der Waals surface area contributed by atoms with Crippen LogP contribution in [0.25, 0.3) is 0 Å². The van der Waals surface area contributed by atoms with Crippen LogP contribution in [0, 0.1) is 0 Å². The van der Waals surface area contributed by atoms with Crippen LogP contribution in [-0.2, 0) is 5.75 Å². The van der Waals surface area contributed by atoms with Gasteiger partial charge in [0.25, 0.3) is 0 Å². The molecule has 0 fully saturated rings. The van der Waals surface area contributed by atoms with E-state index in [0.29, 0.717) is 0 Å².